The van der Waals surface area contributed by atoms with Crippen molar-refractivity contribution in [1.82, 2.24) is 0 Å². The van der Waals surface area contributed by atoms with Gasteiger partial charge in [-0.3, -0.25) is 0 Å². The van der Waals surface area contributed by atoms with Gasteiger partial charge in [0.05, 0.1) is 0 Å². The first-order valence-corrected chi connectivity index (χ1v) is 5.17. The topological polar surface area (TPSA) is 9.23 Å². The lowest BCUT2D eigenvalue weighted by Crippen LogP contribution is -2.34. The minimum Gasteiger partial charge on any atom is -0.476 e. The van der Waals surface area contributed by atoms with E-state index in [1.165, 1.54) is 18.2 Å². The van der Waals surface area contributed by atoms with Crippen LogP contribution in [-0.2, 0) is 0 Å². The molecule has 90 valence electrons. The van der Waals surface area contributed by atoms with Gasteiger partial charge in [-0.25, -0.2) is 0 Å². The van der Waals surface area contributed by atoms with Crippen LogP contribution in [-0.4, -0.2) is 12.3 Å². The van der Waals surface area contributed by atoms with Gasteiger partial charge in [-0.15, -0.1) is 0 Å². The van der Waals surface area contributed by atoms with Crippen molar-refractivity contribution in [1.29, 1.82) is 0 Å². The molecule has 17 heavy (non-hydrogen) atoms. The standard InChI is InChI=1S/C12H8ClF3O/c1-2-7-5-9(13)6-8-3-4-10(12(14,15)16)17-11(7)8/h2-6,10H,1H2. The van der Waals surface area contributed by atoms with E-state index in [1.807, 2.05) is 0 Å². The Balaban J connectivity index is 2.47. The molecule has 0 saturated carbocycles. The van der Waals surface area contributed by atoms with Crippen LogP contribution in [0.1, 0.15) is 11.1 Å². The van der Waals surface area contributed by atoms with Crippen LogP contribution in [0.15, 0.2) is 24.8 Å². The molecule has 1 nitrogen and oxygen atoms in total. The van der Waals surface area contributed by atoms with Crippen molar-refractivity contribution in [2.45, 2.75) is 12.3 Å². The average Bonchev–Trinajstić information content (AvgIpc) is 2.25. The number of benzene rings is 1. The summed E-state index contributed by atoms with van der Waals surface area (Å²) in [6, 6.07) is 3.06. The molecule has 0 bridgehead atoms. The first kappa shape index (κ1) is 12.0. The molecule has 1 aromatic rings. The third kappa shape index (κ3) is 2.31. The zero-order valence-corrected chi connectivity index (χ0v) is 9.35. The minimum atomic E-state index is -4.42. The fourth-order valence-corrected chi connectivity index (χ4v) is 1.82. The van der Waals surface area contributed by atoms with Gasteiger partial charge in [0.25, 0.3) is 0 Å². The SMILES string of the molecule is C=Cc1cc(Cl)cc2c1OC(C(F)(F)F)C=C2. The van der Waals surface area contributed by atoms with E-state index < -0.39 is 12.3 Å². The molecule has 1 atom stereocenters. The van der Waals surface area contributed by atoms with Crippen LogP contribution in [0.4, 0.5) is 13.2 Å². The summed E-state index contributed by atoms with van der Waals surface area (Å²) in [6.07, 6.45) is -2.61. The van der Waals surface area contributed by atoms with Crippen molar-refractivity contribution in [3.8, 4) is 5.75 Å². The summed E-state index contributed by atoms with van der Waals surface area (Å²) in [7, 11) is 0. The van der Waals surface area contributed by atoms with E-state index in [0.29, 0.717) is 16.1 Å². The summed E-state index contributed by atoms with van der Waals surface area (Å²) in [6.45, 7) is 3.52. The summed E-state index contributed by atoms with van der Waals surface area (Å²) in [5.41, 5.74) is 0.971. The lowest BCUT2D eigenvalue weighted by molar-refractivity contribution is -0.180. The molecule has 1 aliphatic rings. The molecule has 5 heteroatoms. The van der Waals surface area contributed by atoms with E-state index >= 15 is 0 Å². The molecule has 0 fully saturated rings. The molecular weight excluding hydrogens is 253 g/mol. The van der Waals surface area contributed by atoms with Crippen molar-refractivity contribution in [3.63, 3.8) is 0 Å². The van der Waals surface area contributed by atoms with Gasteiger partial charge in [-0.05, 0) is 18.2 Å². The highest BCUT2D eigenvalue weighted by Crippen LogP contribution is 2.37. The van der Waals surface area contributed by atoms with Crippen molar-refractivity contribution >= 4 is 23.8 Å². The molecule has 0 aliphatic carbocycles. The zero-order chi connectivity index (χ0) is 12.6. The largest absolute Gasteiger partial charge is 0.476 e. The highest BCUT2D eigenvalue weighted by Gasteiger charge is 2.41. The third-order valence-electron chi connectivity index (χ3n) is 2.35. The molecule has 1 aliphatic heterocycles. The van der Waals surface area contributed by atoms with Gasteiger partial charge in [-0.1, -0.05) is 30.3 Å². The van der Waals surface area contributed by atoms with Crippen LogP contribution in [0.5, 0.6) is 5.75 Å². The summed E-state index contributed by atoms with van der Waals surface area (Å²) in [4.78, 5) is 0. The number of alkyl halides is 3. The van der Waals surface area contributed by atoms with Crippen LogP contribution in [0.3, 0.4) is 0 Å². The molecule has 0 saturated heterocycles. The predicted molar refractivity (Wildman–Crippen MR) is 61.0 cm³/mol. The highest BCUT2D eigenvalue weighted by molar-refractivity contribution is 6.31. The number of fused-ring (bicyclic) bond motifs is 1. The van der Waals surface area contributed by atoms with E-state index in [9.17, 15) is 13.2 Å². The zero-order valence-electron chi connectivity index (χ0n) is 8.59. The normalized spacial score (nSPS) is 18.5. The monoisotopic (exact) mass is 260 g/mol. The fraction of sp³-hybridized carbons (Fsp3) is 0.167. The first-order valence-electron chi connectivity index (χ1n) is 4.79. The Kier molecular flexibility index (Phi) is 2.91. The maximum atomic E-state index is 12.5. The Morgan fingerprint density at radius 3 is 2.65 bits per heavy atom. The second kappa shape index (κ2) is 4.11. The fourth-order valence-electron chi connectivity index (χ4n) is 1.58. The minimum absolute atomic E-state index is 0.161. The van der Waals surface area contributed by atoms with Crippen LogP contribution in [0, 0.1) is 0 Å². The van der Waals surface area contributed by atoms with Gasteiger partial charge in [0.15, 0.2) is 0 Å². The third-order valence-corrected chi connectivity index (χ3v) is 2.57. The Morgan fingerprint density at radius 2 is 2.06 bits per heavy atom. The summed E-state index contributed by atoms with van der Waals surface area (Å²) < 4.78 is 42.5. The Morgan fingerprint density at radius 1 is 1.35 bits per heavy atom. The van der Waals surface area contributed by atoms with E-state index in [2.05, 4.69) is 6.58 Å². The van der Waals surface area contributed by atoms with E-state index in [4.69, 9.17) is 16.3 Å². The second-order valence-corrected chi connectivity index (χ2v) is 3.99. The molecule has 0 amide bonds. The maximum Gasteiger partial charge on any atom is 0.429 e. The summed E-state index contributed by atoms with van der Waals surface area (Å²) in [5.74, 6) is 0.161. The molecule has 2 rings (SSSR count). The number of hydrogen-bond acceptors (Lipinski definition) is 1. The second-order valence-electron chi connectivity index (χ2n) is 3.56. The van der Waals surface area contributed by atoms with Gasteiger partial charge in [0, 0.05) is 16.1 Å². The predicted octanol–water partition coefficient (Wildman–Crippen LogP) is 4.32. The smallest absolute Gasteiger partial charge is 0.429 e. The quantitative estimate of drug-likeness (QED) is 0.731. The summed E-state index contributed by atoms with van der Waals surface area (Å²) in [5, 5.41) is 0.428. The van der Waals surface area contributed by atoms with Gasteiger partial charge in [0.1, 0.15) is 5.75 Å². The van der Waals surface area contributed by atoms with Crippen molar-refractivity contribution < 1.29 is 17.9 Å². The van der Waals surface area contributed by atoms with Crippen LogP contribution < -0.4 is 4.74 Å². The van der Waals surface area contributed by atoms with Gasteiger partial charge in [0.2, 0.25) is 6.10 Å². The molecule has 1 unspecified atom stereocenters. The molecule has 0 N–H and O–H groups in total. The molecular formula is C12H8ClF3O. The number of ether oxygens (including phenoxy) is 1. The van der Waals surface area contributed by atoms with Crippen molar-refractivity contribution in [3.05, 3.63) is 40.9 Å². The van der Waals surface area contributed by atoms with Crippen LogP contribution in [0.2, 0.25) is 5.02 Å². The average molecular weight is 261 g/mol. The van der Waals surface area contributed by atoms with Crippen molar-refractivity contribution in [2.24, 2.45) is 0 Å². The van der Waals surface area contributed by atoms with Crippen molar-refractivity contribution in [2.75, 3.05) is 0 Å². The molecule has 0 radical (unpaired) electrons. The number of halogens is 4. The Bertz CT molecular complexity index is 491. The highest BCUT2D eigenvalue weighted by atomic mass is 35.5. The molecule has 0 aromatic heterocycles. The first-order chi connectivity index (χ1) is 7.91. The van der Waals surface area contributed by atoms with E-state index in [-0.39, 0.29) is 5.75 Å². The molecule has 1 heterocycles. The molecule has 0 spiro atoms. The number of rotatable bonds is 1. The van der Waals surface area contributed by atoms with Gasteiger partial charge in [-0.2, -0.15) is 13.2 Å². The van der Waals surface area contributed by atoms with Crippen LogP contribution in [0.25, 0.3) is 12.2 Å². The van der Waals surface area contributed by atoms with Gasteiger partial charge >= 0.3 is 6.18 Å². The maximum absolute atomic E-state index is 12.5. The Hall–Kier alpha value is -1.42. The summed E-state index contributed by atoms with van der Waals surface area (Å²) >= 11 is 5.83. The lowest BCUT2D eigenvalue weighted by Gasteiger charge is -2.24. The number of hydrogen-bond donors (Lipinski definition) is 0. The van der Waals surface area contributed by atoms with E-state index in [1.54, 1.807) is 6.07 Å². The van der Waals surface area contributed by atoms with Gasteiger partial charge < -0.3 is 4.74 Å². The lowest BCUT2D eigenvalue weighted by atomic mass is 10.0. The Labute approximate surface area is 101 Å². The molecule has 1 aromatic carbocycles. The van der Waals surface area contributed by atoms with E-state index in [0.717, 1.165) is 6.08 Å². The van der Waals surface area contributed by atoms with Crippen LogP contribution >= 0.6 is 11.6 Å².